The minimum absolute atomic E-state index is 0.215. The molecule has 0 N–H and O–H groups in total. The molecule has 7 heteroatoms. The van der Waals surface area contributed by atoms with E-state index in [0.29, 0.717) is 24.2 Å². The number of halogens is 2. The summed E-state index contributed by atoms with van der Waals surface area (Å²) in [6.07, 6.45) is 2.50. The number of hydrogen-bond donors (Lipinski definition) is 0. The molecular weight excluding hydrogens is 319 g/mol. The minimum Gasteiger partial charge on any atom is -0.298 e. The lowest BCUT2D eigenvalue weighted by Gasteiger charge is -2.34. The van der Waals surface area contributed by atoms with Crippen LogP contribution in [0.25, 0.3) is 0 Å². The summed E-state index contributed by atoms with van der Waals surface area (Å²) in [5.41, 5.74) is 0. The van der Waals surface area contributed by atoms with Crippen molar-refractivity contribution in [1.82, 2.24) is 9.21 Å². The van der Waals surface area contributed by atoms with Crippen LogP contribution in [0.5, 0.6) is 0 Å². The van der Waals surface area contributed by atoms with Crippen molar-refractivity contribution in [1.29, 1.82) is 0 Å². The van der Waals surface area contributed by atoms with Crippen LogP contribution in [-0.2, 0) is 10.0 Å². The van der Waals surface area contributed by atoms with E-state index in [1.54, 1.807) is 0 Å². The molecule has 0 aromatic heterocycles. The molecule has 110 valence electrons. The third-order valence-corrected chi connectivity index (χ3v) is 6.50. The second-order valence-electron chi connectivity index (χ2n) is 5.25. The van der Waals surface area contributed by atoms with Crippen molar-refractivity contribution in [2.45, 2.75) is 23.8 Å². The van der Waals surface area contributed by atoms with Gasteiger partial charge in [0.15, 0.2) is 0 Å². The van der Waals surface area contributed by atoms with E-state index >= 15 is 0 Å². The zero-order valence-electron chi connectivity index (χ0n) is 10.9. The molecular formula is C13H16Cl2N2O2S. The average Bonchev–Trinajstić information content (AvgIpc) is 3.26. The molecule has 20 heavy (non-hydrogen) atoms. The summed E-state index contributed by atoms with van der Waals surface area (Å²) in [5, 5.41) is 0.633. The van der Waals surface area contributed by atoms with Gasteiger partial charge in [-0.2, -0.15) is 4.31 Å². The number of sulfonamides is 1. The predicted molar refractivity (Wildman–Crippen MR) is 79.8 cm³/mol. The van der Waals surface area contributed by atoms with E-state index in [2.05, 4.69) is 4.90 Å². The summed E-state index contributed by atoms with van der Waals surface area (Å²) in [5.74, 6) is 0. The molecule has 0 bridgehead atoms. The molecule has 4 nitrogen and oxygen atoms in total. The first-order chi connectivity index (χ1) is 9.48. The van der Waals surface area contributed by atoms with Gasteiger partial charge in [-0.05, 0) is 31.0 Å². The van der Waals surface area contributed by atoms with E-state index < -0.39 is 10.0 Å². The predicted octanol–water partition coefficient (Wildman–Crippen LogP) is 2.46. The van der Waals surface area contributed by atoms with Crippen LogP contribution in [0.1, 0.15) is 12.8 Å². The van der Waals surface area contributed by atoms with Crippen molar-refractivity contribution in [3.8, 4) is 0 Å². The van der Waals surface area contributed by atoms with Gasteiger partial charge in [-0.25, -0.2) is 8.42 Å². The number of benzene rings is 1. The molecule has 0 spiro atoms. The highest BCUT2D eigenvalue weighted by atomic mass is 35.5. The zero-order chi connectivity index (χ0) is 14.3. The van der Waals surface area contributed by atoms with Gasteiger partial charge in [0.2, 0.25) is 10.0 Å². The van der Waals surface area contributed by atoms with E-state index in [4.69, 9.17) is 23.2 Å². The molecule has 1 saturated heterocycles. The Morgan fingerprint density at radius 3 is 2.20 bits per heavy atom. The number of nitrogens with zero attached hydrogens (tertiary/aromatic N) is 2. The van der Waals surface area contributed by atoms with Gasteiger partial charge < -0.3 is 0 Å². The normalized spacial score (nSPS) is 22.1. The Bertz CT molecular complexity index is 609. The lowest BCUT2D eigenvalue weighted by molar-refractivity contribution is 0.180. The first kappa shape index (κ1) is 14.6. The van der Waals surface area contributed by atoms with Gasteiger partial charge in [0, 0.05) is 32.2 Å². The highest BCUT2D eigenvalue weighted by Gasteiger charge is 2.34. The van der Waals surface area contributed by atoms with Gasteiger partial charge in [-0.3, -0.25) is 4.90 Å². The minimum atomic E-state index is -3.47. The second kappa shape index (κ2) is 5.46. The largest absolute Gasteiger partial charge is 0.298 e. The summed E-state index contributed by atoms with van der Waals surface area (Å²) in [6, 6.07) is 5.14. The molecule has 3 rings (SSSR count). The molecule has 0 radical (unpaired) electrons. The Kier molecular flexibility index (Phi) is 3.99. The molecule has 0 atom stereocenters. The monoisotopic (exact) mass is 334 g/mol. The molecule has 1 saturated carbocycles. The third kappa shape index (κ3) is 2.83. The van der Waals surface area contributed by atoms with E-state index in [9.17, 15) is 8.42 Å². The van der Waals surface area contributed by atoms with E-state index in [1.165, 1.54) is 35.3 Å². The van der Waals surface area contributed by atoms with Crippen molar-refractivity contribution >= 4 is 33.2 Å². The van der Waals surface area contributed by atoms with Crippen LogP contribution in [0.15, 0.2) is 23.1 Å². The number of piperazine rings is 1. The Hall–Kier alpha value is -0.330. The van der Waals surface area contributed by atoms with Crippen molar-refractivity contribution in [2.75, 3.05) is 26.2 Å². The third-order valence-electron chi connectivity index (χ3n) is 3.87. The van der Waals surface area contributed by atoms with Gasteiger partial charge in [-0.1, -0.05) is 23.2 Å². The Morgan fingerprint density at radius 2 is 1.65 bits per heavy atom. The molecule has 0 amide bonds. The van der Waals surface area contributed by atoms with Crippen LogP contribution in [0.4, 0.5) is 0 Å². The number of hydrogen-bond acceptors (Lipinski definition) is 3. The first-order valence-electron chi connectivity index (χ1n) is 6.68. The smallest absolute Gasteiger partial charge is 0.243 e. The van der Waals surface area contributed by atoms with E-state index in [0.717, 1.165) is 13.1 Å². The van der Waals surface area contributed by atoms with E-state index in [-0.39, 0.29) is 9.92 Å². The van der Waals surface area contributed by atoms with Crippen LogP contribution in [0.2, 0.25) is 10.0 Å². The fourth-order valence-electron chi connectivity index (χ4n) is 2.54. The van der Waals surface area contributed by atoms with Crippen LogP contribution >= 0.6 is 23.2 Å². The van der Waals surface area contributed by atoms with Crippen molar-refractivity contribution < 1.29 is 8.42 Å². The molecule has 1 heterocycles. The molecule has 1 aliphatic carbocycles. The highest BCUT2D eigenvalue weighted by molar-refractivity contribution is 7.89. The highest BCUT2D eigenvalue weighted by Crippen LogP contribution is 2.30. The molecule has 2 fully saturated rings. The van der Waals surface area contributed by atoms with Crippen molar-refractivity contribution in [2.24, 2.45) is 0 Å². The quantitative estimate of drug-likeness (QED) is 0.852. The average molecular weight is 335 g/mol. The van der Waals surface area contributed by atoms with E-state index in [1.807, 2.05) is 0 Å². The molecule has 2 aliphatic rings. The molecule has 1 aromatic carbocycles. The zero-order valence-corrected chi connectivity index (χ0v) is 13.3. The fraction of sp³-hybridized carbons (Fsp3) is 0.538. The van der Waals surface area contributed by atoms with Crippen LogP contribution < -0.4 is 0 Å². The van der Waals surface area contributed by atoms with Gasteiger partial charge in [0.05, 0.1) is 14.9 Å². The Labute approximate surface area is 129 Å². The van der Waals surface area contributed by atoms with Gasteiger partial charge >= 0.3 is 0 Å². The second-order valence-corrected chi connectivity index (χ2v) is 8.00. The molecule has 1 aromatic rings. The Balaban J connectivity index is 1.76. The van der Waals surface area contributed by atoms with Crippen molar-refractivity contribution in [3.63, 3.8) is 0 Å². The topological polar surface area (TPSA) is 40.6 Å². The maximum absolute atomic E-state index is 12.5. The SMILES string of the molecule is O=S(=O)(c1ccc(Cl)c(Cl)c1)N1CCN(C2CC2)CC1. The summed E-state index contributed by atoms with van der Waals surface area (Å²) >= 11 is 11.7. The van der Waals surface area contributed by atoms with Gasteiger partial charge in [0.25, 0.3) is 0 Å². The number of rotatable bonds is 3. The van der Waals surface area contributed by atoms with Crippen LogP contribution in [0.3, 0.4) is 0 Å². The molecule has 0 unspecified atom stereocenters. The maximum Gasteiger partial charge on any atom is 0.243 e. The van der Waals surface area contributed by atoms with Gasteiger partial charge in [-0.15, -0.1) is 0 Å². The van der Waals surface area contributed by atoms with Crippen LogP contribution in [0, 0.1) is 0 Å². The van der Waals surface area contributed by atoms with Gasteiger partial charge in [0.1, 0.15) is 0 Å². The summed E-state index contributed by atoms with van der Waals surface area (Å²) in [6.45, 7) is 2.70. The Morgan fingerprint density at radius 1 is 1.00 bits per heavy atom. The summed E-state index contributed by atoms with van der Waals surface area (Å²) in [4.78, 5) is 2.59. The fourth-order valence-corrected chi connectivity index (χ4v) is 4.35. The first-order valence-corrected chi connectivity index (χ1v) is 8.87. The molecule has 1 aliphatic heterocycles. The van der Waals surface area contributed by atoms with Crippen molar-refractivity contribution in [3.05, 3.63) is 28.2 Å². The summed E-state index contributed by atoms with van der Waals surface area (Å²) < 4.78 is 26.6. The lowest BCUT2D eigenvalue weighted by atomic mass is 10.3. The lowest BCUT2D eigenvalue weighted by Crippen LogP contribution is -2.49. The maximum atomic E-state index is 12.5. The standard InChI is InChI=1S/C13H16Cl2N2O2S/c14-12-4-3-11(9-13(12)15)20(18,19)17-7-5-16(6-8-17)10-1-2-10/h3-4,9-10H,1-2,5-8H2. The van der Waals surface area contributed by atoms with Crippen LogP contribution in [-0.4, -0.2) is 49.8 Å². The summed E-state index contributed by atoms with van der Waals surface area (Å²) in [7, 11) is -3.47.